The van der Waals surface area contributed by atoms with E-state index in [-0.39, 0.29) is 5.91 Å². The van der Waals surface area contributed by atoms with E-state index in [1.807, 2.05) is 4.90 Å². The van der Waals surface area contributed by atoms with Gasteiger partial charge in [0.05, 0.1) is 13.0 Å². The molecule has 1 heterocycles. The molecule has 126 valence electrons. The molecule has 5 nitrogen and oxygen atoms in total. The molecule has 0 aromatic heterocycles. The quantitative estimate of drug-likeness (QED) is 0.907. The molecule has 0 saturated carbocycles. The van der Waals surface area contributed by atoms with Gasteiger partial charge in [-0.1, -0.05) is 13.3 Å². The molecule has 2 atom stereocenters. The number of benzene rings is 1. The molecule has 0 bridgehead atoms. The van der Waals surface area contributed by atoms with Gasteiger partial charge in [-0.25, -0.2) is 0 Å². The second kappa shape index (κ2) is 7.99. The number of primary amides is 1. The van der Waals surface area contributed by atoms with Crippen LogP contribution in [0, 0.1) is 5.92 Å². The average Bonchev–Trinajstić information content (AvgIpc) is 2.69. The van der Waals surface area contributed by atoms with Gasteiger partial charge in [-0.15, -0.1) is 0 Å². The first-order chi connectivity index (χ1) is 11.0. The molecule has 0 radical (unpaired) electrons. The molecule has 5 heteroatoms. The van der Waals surface area contributed by atoms with Crippen molar-refractivity contribution in [3.63, 3.8) is 0 Å². The van der Waals surface area contributed by atoms with E-state index in [0.29, 0.717) is 36.3 Å². The molecule has 2 amide bonds. The van der Waals surface area contributed by atoms with Crippen molar-refractivity contribution in [1.29, 1.82) is 0 Å². The fourth-order valence-corrected chi connectivity index (χ4v) is 2.99. The Morgan fingerprint density at radius 3 is 2.57 bits per heavy atom. The van der Waals surface area contributed by atoms with Crippen molar-refractivity contribution in [3.8, 4) is 5.75 Å². The van der Waals surface area contributed by atoms with E-state index >= 15 is 0 Å². The highest BCUT2D eigenvalue weighted by molar-refractivity contribution is 5.92. The number of hydrogen-bond donors (Lipinski definition) is 1. The van der Waals surface area contributed by atoms with Gasteiger partial charge < -0.3 is 15.4 Å². The highest BCUT2D eigenvalue weighted by atomic mass is 16.5. The monoisotopic (exact) mass is 318 g/mol. The highest BCUT2D eigenvalue weighted by Gasteiger charge is 2.24. The first-order valence-corrected chi connectivity index (χ1v) is 8.29. The topological polar surface area (TPSA) is 72.6 Å². The maximum atomic E-state index is 12.4. The Bertz CT molecular complexity index is 542. The molecule has 1 fully saturated rings. The standard InChI is InChI=1S/C18H26N2O3/c1-13-4-3-5-14(2)20(12-13)17(21)10-11-23-16-8-6-15(7-9-16)18(19)22/h6-9,13-14H,3-5,10-12H2,1-2H3,(H2,19,22)/t13-,14-/m1/s1. The lowest BCUT2D eigenvalue weighted by Gasteiger charge is -2.28. The van der Waals surface area contributed by atoms with Gasteiger partial charge in [0.15, 0.2) is 0 Å². The number of ether oxygens (including phenoxy) is 1. The maximum absolute atomic E-state index is 12.4. The Balaban J connectivity index is 1.82. The number of amides is 2. The van der Waals surface area contributed by atoms with Gasteiger partial charge >= 0.3 is 0 Å². The second-order valence-electron chi connectivity index (χ2n) is 6.42. The Morgan fingerprint density at radius 2 is 1.91 bits per heavy atom. The summed E-state index contributed by atoms with van der Waals surface area (Å²) in [7, 11) is 0. The molecule has 1 aromatic rings. The average molecular weight is 318 g/mol. The zero-order valence-corrected chi connectivity index (χ0v) is 14.0. The summed E-state index contributed by atoms with van der Waals surface area (Å²) >= 11 is 0. The van der Waals surface area contributed by atoms with E-state index < -0.39 is 5.91 Å². The first-order valence-electron chi connectivity index (χ1n) is 8.29. The van der Waals surface area contributed by atoms with Crippen LogP contribution < -0.4 is 10.5 Å². The van der Waals surface area contributed by atoms with E-state index in [1.54, 1.807) is 24.3 Å². The zero-order valence-electron chi connectivity index (χ0n) is 14.0. The molecule has 1 saturated heterocycles. The van der Waals surface area contributed by atoms with Crippen LogP contribution >= 0.6 is 0 Å². The van der Waals surface area contributed by atoms with Crippen LogP contribution in [0.2, 0.25) is 0 Å². The molecule has 0 aliphatic carbocycles. The van der Waals surface area contributed by atoms with Gasteiger partial charge in [0, 0.05) is 18.2 Å². The van der Waals surface area contributed by atoms with Crippen molar-refractivity contribution < 1.29 is 14.3 Å². The summed E-state index contributed by atoms with van der Waals surface area (Å²) in [6, 6.07) is 6.95. The summed E-state index contributed by atoms with van der Waals surface area (Å²) in [4.78, 5) is 25.4. The van der Waals surface area contributed by atoms with Crippen LogP contribution in [-0.2, 0) is 4.79 Å². The third-order valence-corrected chi connectivity index (χ3v) is 4.40. The van der Waals surface area contributed by atoms with Gasteiger partial charge in [0.2, 0.25) is 11.8 Å². The molecule has 1 aromatic carbocycles. The Hall–Kier alpha value is -2.04. The zero-order chi connectivity index (χ0) is 16.8. The van der Waals surface area contributed by atoms with Crippen LogP contribution in [0.1, 0.15) is 49.9 Å². The van der Waals surface area contributed by atoms with Gasteiger partial charge in [0.1, 0.15) is 5.75 Å². The van der Waals surface area contributed by atoms with Gasteiger partial charge in [-0.3, -0.25) is 9.59 Å². The van der Waals surface area contributed by atoms with Crippen LogP contribution in [0.4, 0.5) is 0 Å². The van der Waals surface area contributed by atoms with Gasteiger partial charge in [-0.05, 0) is 49.9 Å². The number of nitrogens with zero attached hydrogens (tertiary/aromatic N) is 1. The number of rotatable bonds is 5. The van der Waals surface area contributed by atoms with Crippen LogP contribution in [0.25, 0.3) is 0 Å². The Labute approximate surface area is 137 Å². The van der Waals surface area contributed by atoms with Crippen molar-refractivity contribution >= 4 is 11.8 Å². The number of carbonyl (C=O) groups excluding carboxylic acids is 2. The fraction of sp³-hybridized carbons (Fsp3) is 0.556. The SMILES string of the molecule is C[C@@H]1CCC[C@@H](C)N(C(=O)CCOc2ccc(C(N)=O)cc2)C1. The molecule has 1 aliphatic heterocycles. The summed E-state index contributed by atoms with van der Waals surface area (Å²) in [5.41, 5.74) is 5.64. The molecule has 1 aliphatic rings. The van der Waals surface area contributed by atoms with Crippen molar-refractivity contribution in [2.24, 2.45) is 11.7 Å². The second-order valence-corrected chi connectivity index (χ2v) is 6.42. The molecular formula is C18H26N2O3. The lowest BCUT2D eigenvalue weighted by atomic mass is 10.1. The number of carbonyl (C=O) groups is 2. The van der Waals surface area contributed by atoms with Crippen molar-refractivity contribution in [2.45, 2.75) is 45.6 Å². The minimum atomic E-state index is -0.462. The number of hydrogen-bond acceptors (Lipinski definition) is 3. The molecule has 0 unspecified atom stereocenters. The summed E-state index contributed by atoms with van der Waals surface area (Å²) in [5.74, 6) is 0.891. The van der Waals surface area contributed by atoms with Crippen LogP contribution in [0.15, 0.2) is 24.3 Å². The minimum Gasteiger partial charge on any atom is -0.493 e. The van der Waals surface area contributed by atoms with Crippen molar-refractivity contribution in [1.82, 2.24) is 4.90 Å². The molecule has 2 rings (SSSR count). The molecular weight excluding hydrogens is 292 g/mol. The van der Waals surface area contributed by atoms with Crippen LogP contribution in [0.5, 0.6) is 5.75 Å². The largest absolute Gasteiger partial charge is 0.493 e. The third kappa shape index (κ3) is 4.98. The molecule has 2 N–H and O–H groups in total. The van der Waals surface area contributed by atoms with Crippen LogP contribution in [-0.4, -0.2) is 35.9 Å². The smallest absolute Gasteiger partial charge is 0.248 e. The number of likely N-dealkylation sites (tertiary alicyclic amines) is 1. The summed E-state index contributed by atoms with van der Waals surface area (Å²) in [6.07, 6.45) is 3.83. The van der Waals surface area contributed by atoms with E-state index in [9.17, 15) is 9.59 Å². The van der Waals surface area contributed by atoms with Crippen molar-refractivity contribution in [3.05, 3.63) is 29.8 Å². The summed E-state index contributed by atoms with van der Waals surface area (Å²) in [5, 5.41) is 0. The lowest BCUT2D eigenvalue weighted by molar-refractivity contribution is -0.134. The third-order valence-electron chi connectivity index (χ3n) is 4.40. The lowest BCUT2D eigenvalue weighted by Crippen LogP contribution is -2.40. The highest BCUT2D eigenvalue weighted by Crippen LogP contribution is 2.21. The van der Waals surface area contributed by atoms with E-state index in [4.69, 9.17) is 10.5 Å². The van der Waals surface area contributed by atoms with E-state index in [1.165, 1.54) is 12.8 Å². The van der Waals surface area contributed by atoms with Crippen LogP contribution in [0.3, 0.4) is 0 Å². The van der Waals surface area contributed by atoms with Crippen molar-refractivity contribution in [2.75, 3.05) is 13.2 Å². The summed E-state index contributed by atoms with van der Waals surface area (Å²) in [6.45, 7) is 5.51. The fourth-order valence-electron chi connectivity index (χ4n) is 2.99. The Morgan fingerprint density at radius 1 is 1.22 bits per heavy atom. The minimum absolute atomic E-state index is 0.153. The van der Waals surface area contributed by atoms with E-state index in [0.717, 1.165) is 13.0 Å². The van der Waals surface area contributed by atoms with Gasteiger partial charge in [-0.2, -0.15) is 0 Å². The predicted molar refractivity (Wildman–Crippen MR) is 89.3 cm³/mol. The first kappa shape index (κ1) is 17.3. The van der Waals surface area contributed by atoms with Gasteiger partial charge in [0.25, 0.3) is 0 Å². The summed E-state index contributed by atoms with van der Waals surface area (Å²) < 4.78 is 5.60. The normalized spacial score (nSPS) is 21.6. The predicted octanol–water partition coefficient (Wildman–Crippen LogP) is 2.59. The van der Waals surface area contributed by atoms with E-state index in [2.05, 4.69) is 13.8 Å². The maximum Gasteiger partial charge on any atom is 0.248 e. The Kier molecular flexibility index (Phi) is 6.02. The molecule has 0 spiro atoms. The molecule has 23 heavy (non-hydrogen) atoms. The number of nitrogens with two attached hydrogens (primary N) is 1.